The van der Waals surface area contributed by atoms with Gasteiger partial charge in [-0.3, -0.25) is 9.78 Å². The molecule has 0 saturated carbocycles. The van der Waals surface area contributed by atoms with Gasteiger partial charge in [0.1, 0.15) is 5.75 Å². The average molecular weight is 243 g/mol. The van der Waals surface area contributed by atoms with E-state index in [0.717, 1.165) is 0 Å². The van der Waals surface area contributed by atoms with E-state index in [1.165, 1.54) is 23.4 Å². The molecule has 2 rings (SSSR count). The van der Waals surface area contributed by atoms with E-state index >= 15 is 0 Å². The summed E-state index contributed by atoms with van der Waals surface area (Å²) in [7, 11) is 1.62. The molecule has 0 saturated heterocycles. The zero-order valence-electron chi connectivity index (χ0n) is 9.87. The van der Waals surface area contributed by atoms with Crippen LogP contribution in [-0.2, 0) is 0 Å². The highest BCUT2D eigenvalue weighted by molar-refractivity contribution is 6.07. The van der Waals surface area contributed by atoms with E-state index in [1.54, 1.807) is 31.3 Å². The van der Waals surface area contributed by atoms with Crippen LogP contribution >= 0.6 is 0 Å². The van der Waals surface area contributed by atoms with E-state index in [9.17, 15) is 9.90 Å². The third-order valence-corrected chi connectivity index (χ3v) is 2.59. The molecule has 0 aliphatic rings. The number of carbonyl (C=O) groups is 1. The summed E-state index contributed by atoms with van der Waals surface area (Å²) in [5.41, 5.74) is 7.11. The maximum absolute atomic E-state index is 12.2. The second kappa shape index (κ2) is 4.75. The van der Waals surface area contributed by atoms with Gasteiger partial charge in [-0.15, -0.1) is 0 Å². The molecule has 1 amide bonds. The van der Waals surface area contributed by atoms with Crippen LogP contribution in [0.25, 0.3) is 0 Å². The van der Waals surface area contributed by atoms with Crippen molar-refractivity contribution < 1.29 is 9.90 Å². The van der Waals surface area contributed by atoms with Crippen LogP contribution in [0.5, 0.6) is 5.75 Å². The van der Waals surface area contributed by atoms with E-state index in [2.05, 4.69) is 4.98 Å². The normalized spacial score (nSPS) is 10.1. The molecule has 0 spiro atoms. The summed E-state index contributed by atoms with van der Waals surface area (Å²) in [5, 5.41) is 9.60. The van der Waals surface area contributed by atoms with Crippen molar-refractivity contribution in [3.05, 3.63) is 48.3 Å². The molecular formula is C13H13N3O2. The summed E-state index contributed by atoms with van der Waals surface area (Å²) in [5.74, 6) is -0.459. The largest absolute Gasteiger partial charge is 0.505 e. The van der Waals surface area contributed by atoms with E-state index < -0.39 is 0 Å². The first-order valence-corrected chi connectivity index (χ1v) is 5.36. The fraction of sp³-hybridized carbons (Fsp3) is 0.0769. The first-order chi connectivity index (χ1) is 8.59. The number of benzene rings is 1. The van der Waals surface area contributed by atoms with Gasteiger partial charge in [0, 0.05) is 24.6 Å². The van der Waals surface area contributed by atoms with E-state index in [1.807, 2.05) is 0 Å². The van der Waals surface area contributed by atoms with E-state index in [0.29, 0.717) is 11.4 Å². The maximum Gasteiger partial charge on any atom is 0.261 e. The quantitative estimate of drug-likeness (QED) is 0.786. The molecule has 0 atom stereocenters. The lowest BCUT2D eigenvalue weighted by Crippen LogP contribution is -2.26. The van der Waals surface area contributed by atoms with Gasteiger partial charge >= 0.3 is 0 Å². The van der Waals surface area contributed by atoms with Crippen LogP contribution in [0.15, 0.2) is 42.7 Å². The third-order valence-electron chi connectivity index (χ3n) is 2.59. The second-order valence-corrected chi connectivity index (χ2v) is 3.85. The number of nitrogens with zero attached hydrogens (tertiary/aromatic N) is 2. The van der Waals surface area contributed by atoms with Gasteiger partial charge in [-0.2, -0.15) is 0 Å². The van der Waals surface area contributed by atoms with Crippen LogP contribution in [0.3, 0.4) is 0 Å². The van der Waals surface area contributed by atoms with Crippen molar-refractivity contribution >= 4 is 17.3 Å². The van der Waals surface area contributed by atoms with Gasteiger partial charge in [0.05, 0.1) is 11.8 Å². The number of anilines is 2. The number of pyridine rings is 1. The van der Waals surface area contributed by atoms with Gasteiger partial charge in [0.2, 0.25) is 0 Å². The average Bonchev–Trinajstić information content (AvgIpc) is 2.37. The van der Waals surface area contributed by atoms with Crippen molar-refractivity contribution in [2.45, 2.75) is 0 Å². The lowest BCUT2D eigenvalue weighted by molar-refractivity contribution is 0.0990. The minimum Gasteiger partial charge on any atom is -0.505 e. The molecule has 0 bridgehead atoms. The first kappa shape index (κ1) is 11.9. The fourth-order valence-corrected chi connectivity index (χ4v) is 1.60. The van der Waals surface area contributed by atoms with E-state index in [4.69, 9.17) is 5.73 Å². The predicted molar refractivity (Wildman–Crippen MR) is 69.5 cm³/mol. The molecule has 0 aliphatic heterocycles. The molecule has 0 aliphatic carbocycles. The second-order valence-electron chi connectivity index (χ2n) is 3.85. The standard InChI is InChI=1S/C13H13N3O2/c1-16(10-4-2-3-9(14)7-10)13(18)11-5-6-15-8-12(11)17/h2-8,17H,14H2,1H3. The van der Waals surface area contributed by atoms with Crippen LogP contribution < -0.4 is 10.6 Å². The zero-order chi connectivity index (χ0) is 13.1. The molecule has 0 radical (unpaired) electrons. The van der Waals surface area contributed by atoms with Crippen LogP contribution in [0.1, 0.15) is 10.4 Å². The highest BCUT2D eigenvalue weighted by atomic mass is 16.3. The molecule has 3 N–H and O–H groups in total. The number of nitrogens with two attached hydrogens (primary N) is 1. The van der Waals surface area contributed by atoms with Crippen molar-refractivity contribution in [2.24, 2.45) is 0 Å². The number of amides is 1. The van der Waals surface area contributed by atoms with Crippen molar-refractivity contribution in [1.29, 1.82) is 0 Å². The SMILES string of the molecule is CN(C(=O)c1ccncc1O)c1cccc(N)c1. The van der Waals surface area contributed by atoms with Gasteiger partial charge in [0.15, 0.2) is 0 Å². The molecule has 5 heteroatoms. The molecule has 18 heavy (non-hydrogen) atoms. The van der Waals surface area contributed by atoms with Gasteiger partial charge in [-0.25, -0.2) is 0 Å². The third kappa shape index (κ3) is 2.24. The Kier molecular flexibility index (Phi) is 3.14. The number of rotatable bonds is 2. The van der Waals surface area contributed by atoms with E-state index in [-0.39, 0.29) is 17.2 Å². The first-order valence-electron chi connectivity index (χ1n) is 5.36. The van der Waals surface area contributed by atoms with Gasteiger partial charge in [-0.05, 0) is 24.3 Å². The molecule has 1 aromatic heterocycles. The number of nitrogen functional groups attached to an aromatic ring is 1. The number of aromatic hydroxyl groups is 1. The van der Waals surface area contributed by atoms with Gasteiger partial charge in [-0.1, -0.05) is 6.07 Å². The lowest BCUT2D eigenvalue weighted by Gasteiger charge is -2.18. The van der Waals surface area contributed by atoms with Gasteiger partial charge in [0.25, 0.3) is 5.91 Å². The monoisotopic (exact) mass is 243 g/mol. The molecule has 1 aromatic carbocycles. The molecule has 0 fully saturated rings. The topological polar surface area (TPSA) is 79.5 Å². The summed E-state index contributed by atoms with van der Waals surface area (Å²) in [6, 6.07) is 8.44. The molecule has 5 nitrogen and oxygen atoms in total. The summed E-state index contributed by atoms with van der Waals surface area (Å²) >= 11 is 0. The Balaban J connectivity index is 2.32. The summed E-state index contributed by atoms with van der Waals surface area (Å²) in [4.78, 5) is 17.3. The van der Waals surface area contributed by atoms with Crippen LogP contribution in [0.4, 0.5) is 11.4 Å². The lowest BCUT2D eigenvalue weighted by atomic mass is 10.2. The Morgan fingerprint density at radius 3 is 2.83 bits per heavy atom. The molecule has 1 heterocycles. The van der Waals surface area contributed by atoms with Crippen LogP contribution in [0, 0.1) is 0 Å². The fourth-order valence-electron chi connectivity index (χ4n) is 1.60. The summed E-state index contributed by atoms with van der Waals surface area (Å²) in [6.07, 6.45) is 2.70. The van der Waals surface area contributed by atoms with Crippen molar-refractivity contribution in [1.82, 2.24) is 4.98 Å². The Hall–Kier alpha value is -2.56. The summed E-state index contributed by atoms with van der Waals surface area (Å²) in [6.45, 7) is 0. The predicted octanol–water partition coefficient (Wildman–Crippen LogP) is 1.65. The Bertz CT molecular complexity index is 584. The van der Waals surface area contributed by atoms with Crippen molar-refractivity contribution in [3.8, 4) is 5.75 Å². The highest BCUT2D eigenvalue weighted by Crippen LogP contribution is 2.21. The number of hydrogen-bond donors (Lipinski definition) is 2. The smallest absolute Gasteiger partial charge is 0.261 e. The van der Waals surface area contributed by atoms with Crippen molar-refractivity contribution in [3.63, 3.8) is 0 Å². The number of aromatic nitrogens is 1. The minimum atomic E-state index is -0.319. The van der Waals surface area contributed by atoms with Crippen LogP contribution in [0.2, 0.25) is 0 Å². The molecular weight excluding hydrogens is 230 g/mol. The van der Waals surface area contributed by atoms with Crippen LogP contribution in [-0.4, -0.2) is 23.0 Å². The van der Waals surface area contributed by atoms with Crippen molar-refractivity contribution in [2.75, 3.05) is 17.7 Å². The minimum absolute atomic E-state index is 0.141. The Labute approximate surface area is 104 Å². The zero-order valence-corrected chi connectivity index (χ0v) is 9.87. The summed E-state index contributed by atoms with van der Waals surface area (Å²) < 4.78 is 0. The Morgan fingerprint density at radius 1 is 1.39 bits per heavy atom. The molecule has 92 valence electrons. The Morgan fingerprint density at radius 2 is 2.17 bits per heavy atom. The molecule has 0 unspecified atom stereocenters. The highest BCUT2D eigenvalue weighted by Gasteiger charge is 2.16. The van der Waals surface area contributed by atoms with Gasteiger partial charge < -0.3 is 15.7 Å². The molecule has 2 aromatic rings. The number of hydrogen-bond acceptors (Lipinski definition) is 4. The number of carbonyl (C=O) groups excluding carboxylic acids is 1. The maximum atomic E-state index is 12.2.